The Balaban J connectivity index is 3.32. The lowest BCUT2D eigenvalue weighted by Gasteiger charge is -2.14. The van der Waals surface area contributed by atoms with Crippen molar-refractivity contribution in [2.75, 3.05) is 6.54 Å². The first-order chi connectivity index (χ1) is 8.02. The van der Waals surface area contributed by atoms with Crippen LogP contribution in [-0.2, 0) is 5.88 Å². The van der Waals surface area contributed by atoms with Crippen LogP contribution in [0.2, 0.25) is 18.1 Å². The highest BCUT2D eigenvalue weighted by Crippen LogP contribution is 2.21. The first kappa shape index (κ1) is 14.5. The Morgan fingerprint density at radius 2 is 2.06 bits per heavy atom. The predicted octanol–water partition coefficient (Wildman–Crippen LogP) is 2.52. The standard InChI is InChI=1S/C12H17Cl2NOSi/c1-4-15-12(16)10-8(7-13)5-6-9(11(10)14)17(2)3/h5-6,17H,4,7H2,1-3H3,(H,15,16). The molecule has 0 aromatic heterocycles. The second kappa shape index (κ2) is 6.43. The van der Waals surface area contributed by atoms with E-state index < -0.39 is 8.80 Å². The molecule has 0 fully saturated rings. The largest absolute Gasteiger partial charge is 0.352 e. The van der Waals surface area contributed by atoms with Crippen LogP contribution in [0.3, 0.4) is 0 Å². The lowest BCUT2D eigenvalue weighted by molar-refractivity contribution is 0.0955. The Hall–Kier alpha value is -0.513. The summed E-state index contributed by atoms with van der Waals surface area (Å²) >= 11 is 12.2. The van der Waals surface area contributed by atoms with Crippen molar-refractivity contribution in [2.24, 2.45) is 0 Å². The molecule has 1 amide bonds. The van der Waals surface area contributed by atoms with Gasteiger partial charge in [0.05, 0.1) is 19.4 Å². The van der Waals surface area contributed by atoms with Gasteiger partial charge in [-0.05, 0) is 17.7 Å². The summed E-state index contributed by atoms with van der Waals surface area (Å²) in [6.45, 7) is 6.83. The number of carbonyl (C=O) groups is 1. The predicted molar refractivity (Wildman–Crippen MR) is 77.5 cm³/mol. The van der Waals surface area contributed by atoms with Gasteiger partial charge in [0.1, 0.15) is 0 Å². The Morgan fingerprint density at radius 3 is 2.53 bits per heavy atom. The number of hydrogen-bond acceptors (Lipinski definition) is 1. The van der Waals surface area contributed by atoms with Gasteiger partial charge in [-0.1, -0.05) is 36.8 Å². The first-order valence-electron chi connectivity index (χ1n) is 5.68. The molecular weight excluding hydrogens is 273 g/mol. The second-order valence-corrected chi connectivity index (χ2v) is 7.73. The van der Waals surface area contributed by atoms with Crippen LogP contribution in [0.25, 0.3) is 0 Å². The molecular formula is C12H17Cl2NOSi. The summed E-state index contributed by atoms with van der Waals surface area (Å²) in [6.07, 6.45) is 0. The monoisotopic (exact) mass is 289 g/mol. The molecule has 17 heavy (non-hydrogen) atoms. The van der Waals surface area contributed by atoms with Crippen molar-refractivity contribution >= 4 is 43.1 Å². The van der Waals surface area contributed by atoms with E-state index in [1.165, 1.54) is 0 Å². The molecule has 0 aliphatic rings. The fourth-order valence-electron chi connectivity index (χ4n) is 1.68. The third kappa shape index (κ3) is 3.24. The quantitative estimate of drug-likeness (QED) is 0.670. The second-order valence-electron chi connectivity index (χ2n) is 4.15. The van der Waals surface area contributed by atoms with Gasteiger partial charge in [-0.15, -0.1) is 11.6 Å². The summed E-state index contributed by atoms with van der Waals surface area (Å²) in [5, 5.41) is 4.47. The summed E-state index contributed by atoms with van der Waals surface area (Å²) in [4.78, 5) is 12.0. The highest BCUT2D eigenvalue weighted by molar-refractivity contribution is 6.73. The zero-order valence-electron chi connectivity index (χ0n) is 10.3. The van der Waals surface area contributed by atoms with E-state index in [1.54, 1.807) is 0 Å². The number of amides is 1. The first-order valence-corrected chi connectivity index (χ1v) is 9.48. The average molecular weight is 290 g/mol. The fourth-order valence-corrected chi connectivity index (χ4v) is 3.96. The Kier molecular flexibility index (Phi) is 5.50. The molecule has 0 radical (unpaired) electrons. The van der Waals surface area contributed by atoms with Gasteiger partial charge < -0.3 is 5.32 Å². The Morgan fingerprint density at radius 1 is 1.41 bits per heavy atom. The molecule has 0 aliphatic heterocycles. The maximum absolute atomic E-state index is 12.0. The lowest BCUT2D eigenvalue weighted by atomic mass is 10.1. The molecule has 2 nitrogen and oxygen atoms in total. The summed E-state index contributed by atoms with van der Waals surface area (Å²) in [5.41, 5.74) is 1.34. The molecule has 0 saturated carbocycles. The number of rotatable bonds is 4. The van der Waals surface area contributed by atoms with Gasteiger partial charge in [-0.2, -0.15) is 0 Å². The van der Waals surface area contributed by atoms with Gasteiger partial charge >= 0.3 is 0 Å². The number of nitrogens with one attached hydrogen (secondary N) is 1. The van der Waals surface area contributed by atoms with E-state index in [4.69, 9.17) is 23.2 Å². The molecule has 0 spiro atoms. The van der Waals surface area contributed by atoms with E-state index in [9.17, 15) is 4.79 Å². The van der Waals surface area contributed by atoms with Crippen molar-refractivity contribution in [1.29, 1.82) is 0 Å². The highest BCUT2D eigenvalue weighted by atomic mass is 35.5. The number of halogens is 2. The molecule has 94 valence electrons. The van der Waals surface area contributed by atoms with E-state index >= 15 is 0 Å². The molecule has 1 aromatic rings. The topological polar surface area (TPSA) is 29.1 Å². The Bertz CT molecular complexity index is 421. The van der Waals surface area contributed by atoms with Crippen LogP contribution in [0.5, 0.6) is 0 Å². The van der Waals surface area contributed by atoms with Crippen LogP contribution < -0.4 is 10.5 Å². The molecule has 0 heterocycles. The van der Waals surface area contributed by atoms with Crippen molar-refractivity contribution < 1.29 is 4.79 Å². The van der Waals surface area contributed by atoms with E-state index in [-0.39, 0.29) is 5.91 Å². The molecule has 5 heteroatoms. The van der Waals surface area contributed by atoms with Gasteiger partial charge in [-0.3, -0.25) is 4.79 Å². The van der Waals surface area contributed by atoms with Gasteiger partial charge in [0.25, 0.3) is 5.91 Å². The number of carbonyl (C=O) groups excluding carboxylic acids is 1. The molecule has 0 atom stereocenters. The summed E-state index contributed by atoms with van der Waals surface area (Å²) in [6, 6.07) is 3.91. The number of hydrogen-bond donors (Lipinski definition) is 1. The Labute approximate surface area is 114 Å². The van der Waals surface area contributed by atoms with Crippen molar-refractivity contribution in [3.63, 3.8) is 0 Å². The summed E-state index contributed by atoms with van der Waals surface area (Å²) in [5.74, 6) is 0.163. The number of benzene rings is 1. The van der Waals surface area contributed by atoms with E-state index in [0.717, 1.165) is 10.8 Å². The van der Waals surface area contributed by atoms with E-state index in [1.807, 2.05) is 19.1 Å². The van der Waals surface area contributed by atoms with Crippen LogP contribution in [0, 0.1) is 0 Å². The SMILES string of the molecule is CCNC(=O)c1c(CCl)ccc([SiH](C)C)c1Cl. The molecule has 1 N–H and O–H groups in total. The molecule has 0 aliphatic carbocycles. The molecule has 1 rings (SSSR count). The average Bonchev–Trinajstić information content (AvgIpc) is 2.27. The smallest absolute Gasteiger partial charge is 0.253 e. The van der Waals surface area contributed by atoms with E-state index in [2.05, 4.69) is 18.4 Å². The van der Waals surface area contributed by atoms with Crippen LogP contribution in [0.1, 0.15) is 22.8 Å². The van der Waals surface area contributed by atoms with Gasteiger partial charge in [0, 0.05) is 12.4 Å². The zero-order chi connectivity index (χ0) is 13.0. The zero-order valence-corrected chi connectivity index (χ0v) is 13.0. The molecule has 0 unspecified atom stereocenters. The van der Waals surface area contributed by atoms with Crippen LogP contribution in [-0.4, -0.2) is 21.2 Å². The van der Waals surface area contributed by atoms with Crippen molar-refractivity contribution in [1.82, 2.24) is 5.32 Å². The third-order valence-corrected chi connectivity index (χ3v) is 5.19. The molecule has 1 aromatic carbocycles. The minimum Gasteiger partial charge on any atom is -0.352 e. The van der Waals surface area contributed by atoms with Crippen LogP contribution in [0.15, 0.2) is 12.1 Å². The third-order valence-electron chi connectivity index (χ3n) is 2.59. The number of alkyl halides is 1. The van der Waals surface area contributed by atoms with Crippen LogP contribution in [0.4, 0.5) is 0 Å². The van der Waals surface area contributed by atoms with Gasteiger partial charge in [0.15, 0.2) is 0 Å². The molecule has 0 bridgehead atoms. The van der Waals surface area contributed by atoms with Crippen molar-refractivity contribution in [3.05, 3.63) is 28.3 Å². The maximum Gasteiger partial charge on any atom is 0.253 e. The lowest BCUT2D eigenvalue weighted by Crippen LogP contribution is -2.30. The van der Waals surface area contributed by atoms with Crippen molar-refractivity contribution in [2.45, 2.75) is 25.9 Å². The minimum atomic E-state index is -1.04. The highest BCUT2D eigenvalue weighted by Gasteiger charge is 2.19. The summed E-state index contributed by atoms with van der Waals surface area (Å²) in [7, 11) is -1.04. The summed E-state index contributed by atoms with van der Waals surface area (Å²) < 4.78 is 0. The minimum absolute atomic E-state index is 0.135. The van der Waals surface area contributed by atoms with Gasteiger partial charge in [0.2, 0.25) is 0 Å². The van der Waals surface area contributed by atoms with Gasteiger partial charge in [-0.25, -0.2) is 0 Å². The van der Waals surface area contributed by atoms with E-state index in [0.29, 0.717) is 23.0 Å². The maximum atomic E-state index is 12.0. The van der Waals surface area contributed by atoms with Crippen LogP contribution >= 0.6 is 23.2 Å². The fraction of sp³-hybridized carbons (Fsp3) is 0.417. The normalized spacial score (nSPS) is 10.7. The van der Waals surface area contributed by atoms with Crippen molar-refractivity contribution in [3.8, 4) is 0 Å². The molecule has 0 saturated heterocycles.